The van der Waals surface area contributed by atoms with Crippen molar-refractivity contribution in [1.82, 2.24) is 0 Å². The highest BCUT2D eigenvalue weighted by Gasteiger charge is 2.11. The van der Waals surface area contributed by atoms with Crippen LogP contribution in [0, 0.1) is 5.82 Å². The summed E-state index contributed by atoms with van der Waals surface area (Å²) in [5.74, 6) is 0.906. The van der Waals surface area contributed by atoms with Crippen LogP contribution >= 0.6 is 0 Å². The molecule has 0 radical (unpaired) electrons. The summed E-state index contributed by atoms with van der Waals surface area (Å²) in [6.45, 7) is 4.22. The van der Waals surface area contributed by atoms with E-state index in [0.717, 1.165) is 12.0 Å². The Morgan fingerprint density at radius 3 is 2.70 bits per heavy atom. The third kappa shape index (κ3) is 3.23. The Labute approximate surface area is 118 Å². The number of benzene rings is 2. The van der Waals surface area contributed by atoms with Crippen molar-refractivity contribution >= 4 is 6.29 Å². The molecule has 0 spiro atoms. The number of rotatable bonds is 5. The molecule has 0 aliphatic heterocycles. The fourth-order valence-electron chi connectivity index (χ4n) is 2.04. The van der Waals surface area contributed by atoms with Gasteiger partial charge in [-0.15, -0.1) is 0 Å². The standard InChI is InChI=1S/C17H17FO2/c1-3-12(2)16-6-4-5-7-17(16)20-15-9-13(11-19)8-14(18)10-15/h4-12H,3H2,1-2H3. The predicted molar refractivity (Wildman–Crippen MR) is 77.0 cm³/mol. The summed E-state index contributed by atoms with van der Waals surface area (Å²) < 4.78 is 19.2. The van der Waals surface area contributed by atoms with Gasteiger partial charge in [0.25, 0.3) is 0 Å². The molecule has 2 rings (SSSR count). The average Bonchev–Trinajstić information content (AvgIpc) is 2.46. The predicted octanol–water partition coefficient (Wildman–Crippen LogP) is 4.94. The van der Waals surface area contributed by atoms with Crippen molar-refractivity contribution in [2.24, 2.45) is 0 Å². The zero-order valence-electron chi connectivity index (χ0n) is 11.6. The highest BCUT2D eigenvalue weighted by Crippen LogP contribution is 2.32. The van der Waals surface area contributed by atoms with E-state index in [1.807, 2.05) is 24.3 Å². The molecule has 0 heterocycles. The minimum atomic E-state index is -0.481. The van der Waals surface area contributed by atoms with E-state index in [4.69, 9.17) is 4.74 Å². The highest BCUT2D eigenvalue weighted by molar-refractivity contribution is 5.75. The van der Waals surface area contributed by atoms with Crippen molar-refractivity contribution in [2.75, 3.05) is 0 Å². The molecule has 0 aliphatic carbocycles. The van der Waals surface area contributed by atoms with Crippen molar-refractivity contribution in [3.05, 3.63) is 59.4 Å². The van der Waals surface area contributed by atoms with E-state index in [9.17, 15) is 9.18 Å². The van der Waals surface area contributed by atoms with Gasteiger partial charge in [-0.05, 0) is 36.1 Å². The molecular weight excluding hydrogens is 255 g/mol. The first-order valence-electron chi connectivity index (χ1n) is 6.66. The molecule has 1 unspecified atom stereocenters. The van der Waals surface area contributed by atoms with Crippen LogP contribution in [0.1, 0.15) is 42.1 Å². The minimum absolute atomic E-state index is 0.265. The van der Waals surface area contributed by atoms with Gasteiger partial charge in [0.2, 0.25) is 0 Å². The summed E-state index contributed by atoms with van der Waals surface area (Å²) in [6.07, 6.45) is 1.60. The molecule has 2 aromatic carbocycles. The van der Waals surface area contributed by atoms with E-state index < -0.39 is 5.82 Å². The Balaban J connectivity index is 2.35. The van der Waals surface area contributed by atoms with Crippen LogP contribution in [-0.2, 0) is 0 Å². The Morgan fingerprint density at radius 1 is 1.25 bits per heavy atom. The Bertz CT molecular complexity index is 608. The van der Waals surface area contributed by atoms with Crippen LogP contribution in [0.4, 0.5) is 4.39 Å². The molecule has 0 aliphatic rings. The molecule has 2 nitrogen and oxygen atoms in total. The summed E-state index contributed by atoms with van der Waals surface area (Å²) in [6, 6.07) is 11.7. The summed E-state index contributed by atoms with van der Waals surface area (Å²) in [4.78, 5) is 10.8. The maximum Gasteiger partial charge on any atom is 0.150 e. The number of aldehydes is 1. The van der Waals surface area contributed by atoms with Crippen LogP contribution in [-0.4, -0.2) is 6.29 Å². The van der Waals surface area contributed by atoms with Crippen LogP contribution < -0.4 is 4.74 Å². The monoisotopic (exact) mass is 272 g/mol. The van der Waals surface area contributed by atoms with Gasteiger partial charge < -0.3 is 4.74 Å². The van der Waals surface area contributed by atoms with Gasteiger partial charge in [-0.25, -0.2) is 4.39 Å². The summed E-state index contributed by atoms with van der Waals surface area (Å²) >= 11 is 0. The normalized spacial score (nSPS) is 11.9. The molecule has 0 saturated heterocycles. The second-order valence-electron chi connectivity index (χ2n) is 4.79. The fraction of sp³-hybridized carbons (Fsp3) is 0.235. The van der Waals surface area contributed by atoms with Gasteiger partial charge in [-0.2, -0.15) is 0 Å². The molecule has 0 aromatic heterocycles. The lowest BCUT2D eigenvalue weighted by molar-refractivity contribution is 0.112. The van der Waals surface area contributed by atoms with Crippen molar-refractivity contribution < 1.29 is 13.9 Å². The lowest BCUT2D eigenvalue weighted by atomic mass is 9.98. The van der Waals surface area contributed by atoms with Crippen LogP contribution in [0.25, 0.3) is 0 Å². The third-order valence-corrected chi connectivity index (χ3v) is 3.32. The zero-order valence-corrected chi connectivity index (χ0v) is 11.6. The van der Waals surface area contributed by atoms with E-state index in [1.54, 1.807) is 0 Å². The highest BCUT2D eigenvalue weighted by atomic mass is 19.1. The molecule has 0 amide bonds. The number of hydrogen-bond donors (Lipinski definition) is 0. The molecule has 20 heavy (non-hydrogen) atoms. The number of hydrogen-bond acceptors (Lipinski definition) is 2. The van der Waals surface area contributed by atoms with Crippen molar-refractivity contribution in [2.45, 2.75) is 26.2 Å². The van der Waals surface area contributed by atoms with Crippen molar-refractivity contribution in [3.63, 3.8) is 0 Å². The SMILES string of the molecule is CCC(C)c1ccccc1Oc1cc(F)cc(C=O)c1. The van der Waals surface area contributed by atoms with Gasteiger partial charge in [0.15, 0.2) is 0 Å². The van der Waals surface area contributed by atoms with Gasteiger partial charge in [-0.3, -0.25) is 4.79 Å². The maximum absolute atomic E-state index is 13.4. The largest absolute Gasteiger partial charge is 0.457 e. The van der Waals surface area contributed by atoms with E-state index in [1.165, 1.54) is 18.2 Å². The molecule has 0 fully saturated rings. The zero-order chi connectivity index (χ0) is 14.5. The molecule has 1 atom stereocenters. The van der Waals surface area contributed by atoms with Gasteiger partial charge >= 0.3 is 0 Å². The van der Waals surface area contributed by atoms with Crippen LogP contribution in [0.15, 0.2) is 42.5 Å². The molecule has 0 bridgehead atoms. The summed E-state index contributed by atoms with van der Waals surface area (Å²) in [5, 5.41) is 0. The topological polar surface area (TPSA) is 26.3 Å². The van der Waals surface area contributed by atoms with E-state index >= 15 is 0 Å². The molecule has 2 aromatic rings. The first-order valence-corrected chi connectivity index (χ1v) is 6.66. The van der Waals surface area contributed by atoms with Gasteiger partial charge in [-0.1, -0.05) is 32.0 Å². The number of ether oxygens (including phenoxy) is 1. The summed E-state index contributed by atoms with van der Waals surface area (Å²) in [5.41, 5.74) is 1.34. The molecule has 0 saturated carbocycles. The van der Waals surface area contributed by atoms with E-state index in [2.05, 4.69) is 13.8 Å². The van der Waals surface area contributed by atoms with Crippen LogP contribution in [0.5, 0.6) is 11.5 Å². The minimum Gasteiger partial charge on any atom is -0.457 e. The molecule has 104 valence electrons. The Hall–Kier alpha value is -2.16. The molecule has 3 heteroatoms. The average molecular weight is 272 g/mol. The van der Waals surface area contributed by atoms with Crippen LogP contribution in [0.3, 0.4) is 0 Å². The summed E-state index contributed by atoms with van der Waals surface area (Å²) in [7, 11) is 0. The van der Waals surface area contributed by atoms with Crippen molar-refractivity contribution in [1.29, 1.82) is 0 Å². The number of para-hydroxylation sites is 1. The van der Waals surface area contributed by atoms with Gasteiger partial charge in [0.05, 0.1) is 0 Å². The quantitative estimate of drug-likeness (QED) is 0.720. The first kappa shape index (κ1) is 14.3. The second kappa shape index (κ2) is 6.33. The number of carbonyl (C=O) groups is 1. The first-order chi connectivity index (χ1) is 9.63. The smallest absolute Gasteiger partial charge is 0.150 e. The molecule has 0 N–H and O–H groups in total. The lowest BCUT2D eigenvalue weighted by Crippen LogP contribution is -1.96. The van der Waals surface area contributed by atoms with Crippen molar-refractivity contribution in [3.8, 4) is 11.5 Å². The fourth-order valence-corrected chi connectivity index (χ4v) is 2.04. The molecular formula is C17H17FO2. The number of carbonyl (C=O) groups excluding carboxylic acids is 1. The van der Waals surface area contributed by atoms with E-state index in [-0.39, 0.29) is 5.56 Å². The van der Waals surface area contributed by atoms with E-state index in [0.29, 0.717) is 23.7 Å². The van der Waals surface area contributed by atoms with Crippen LogP contribution in [0.2, 0.25) is 0 Å². The number of halogens is 1. The maximum atomic E-state index is 13.4. The third-order valence-electron chi connectivity index (χ3n) is 3.32. The second-order valence-corrected chi connectivity index (χ2v) is 4.79. The lowest BCUT2D eigenvalue weighted by Gasteiger charge is -2.15. The Morgan fingerprint density at radius 2 is 2.00 bits per heavy atom. The van der Waals surface area contributed by atoms with Gasteiger partial charge in [0, 0.05) is 11.6 Å². The Kier molecular flexibility index (Phi) is 4.51. The van der Waals surface area contributed by atoms with Gasteiger partial charge in [0.1, 0.15) is 23.6 Å².